The Kier molecular flexibility index (Phi) is 7.18. The highest BCUT2D eigenvalue weighted by atomic mass is 19.4. The van der Waals surface area contributed by atoms with Gasteiger partial charge < -0.3 is 14.2 Å². The van der Waals surface area contributed by atoms with Gasteiger partial charge in [0.15, 0.2) is 11.6 Å². The van der Waals surface area contributed by atoms with E-state index < -0.39 is 29.8 Å². The first-order valence-corrected chi connectivity index (χ1v) is 10.4. The molecular weight excluding hydrogens is 458 g/mol. The molecule has 0 N–H and O–H groups in total. The number of hydrogen-bond acceptors (Lipinski definition) is 5. The van der Waals surface area contributed by atoms with Crippen molar-refractivity contribution in [2.75, 3.05) is 7.11 Å². The van der Waals surface area contributed by atoms with Gasteiger partial charge in [-0.25, -0.2) is 4.39 Å². The van der Waals surface area contributed by atoms with Gasteiger partial charge in [0.1, 0.15) is 5.75 Å². The summed E-state index contributed by atoms with van der Waals surface area (Å²) in [5.41, 5.74) is 1.04. The van der Waals surface area contributed by atoms with Crippen molar-refractivity contribution in [3.8, 4) is 11.5 Å². The van der Waals surface area contributed by atoms with Crippen molar-refractivity contribution in [1.29, 1.82) is 0 Å². The van der Waals surface area contributed by atoms with Crippen LogP contribution in [-0.4, -0.2) is 36.0 Å². The average molecular weight is 481 g/mol. The maximum absolute atomic E-state index is 14.5. The van der Waals surface area contributed by atoms with Crippen LogP contribution >= 0.6 is 0 Å². The molecule has 1 heterocycles. The van der Waals surface area contributed by atoms with Crippen LogP contribution in [0.4, 0.5) is 17.6 Å². The molecule has 182 valence electrons. The highest BCUT2D eigenvalue weighted by Crippen LogP contribution is 2.33. The van der Waals surface area contributed by atoms with Gasteiger partial charge in [0.25, 0.3) is 5.91 Å². The van der Waals surface area contributed by atoms with E-state index in [0.717, 1.165) is 18.2 Å². The molecule has 0 fully saturated rings. The van der Waals surface area contributed by atoms with E-state index in [1.165, 1.54) is 29.9 Å². The molecule has 0 unspecified atom stereocenters. The van der Waals surface area contributed by atoms with Gasteiger partial charge in [0, 0.05) is 22.7 Å². The van der Waals surface area contributed by atoms with Gasteiger partial charge in [-0.15, -0.1) is 13.2 Å². The number of esters is 1. The summed E-state index contributed by atoms with van der Waals surface area (Å²) in [7, 11) is 1.29. The fraction of sp³-hybridized carbons (Fsp3) is 0.333. The number of carbonyl (C=O) groups excluding carboxylic acids is 2. The van der Waals surface area contributed by atoms with Crippen molar-refractivity contribution in [3.05, 3.63) is 59.0 Å². The van der Waals surface area contributed by atoms with Gasteiger partial charge in [-0.2, -0.15) is 0 Å². The second-order valence-corrected chi connectivity index (χ2v) is 7.67. The summed E-state index contributed by atoms with van der Waals surface area (Å²) in [5.74, 6) is -2.40. The summed E-state index contributed by atoms with van der Waals surface area (Å²) in [4.78, 5) is 25.8. The highest BCUT2D eigenvalue weighted by Gasteiger charge is 2.31. The third-order valence-corrected chi connectivity index (χ3v) is 5.37. The maximum atomic E-state index is 14.5. The summed E-state index contributed by atoms with van der Waals surface area (Å²) in [6, 6.07) is 6.87. The van der Waals surface area contributed by atoms with Gasteiger partial charge in [-0.1, -0.05) is 6.92 Å². The number of hydrogen-bond donors (Lipinski definition) is 0. The fourth-order valence-corrected chi connectivity index (χ4v) is 3.54. The lowest BCUT2D eigenvalue weighted by atomic mass is 10.1. The molecule has 3 rings (SSSR count). The number of rotatable bonds is 7. The largest absolute Gasteiger partial charge is 0.573 e. The van der Waals surface area contributed by atoms with Gasteiger partial charge in [0.05, 0.1) is 25.2 Å². The van der Waals surface area contributed by atoms with Crippen LogP contribution in [0.5, 0.6) is 11.5 Å². The van der Waals surface area contributed by atoms with Crippen molar-refractivity contribution >= 4 is 22.8 Å². The number of nitrogens with zero attached hydrogens (tertiary/aromatic N) is 1. The minimum atomic E-state index is -4.87. The predicted octanol–water partition coefficient (Wildman–Crippen LogP) is 5.57. The Morgan fingerprint density at radius 3 is 2.32 bits per heavy atom. The smallest absolute Gasteiger partial charge is 0.494 e. The quantitative estimate of drug-likeness (QED) is 0.326. The van der Waals surface area contributed by atoms with Crippen molar-refractivity contribution in [3.63, 3.8) is 0 Å². The van der Waals surface area contributed by atoms with Crippen LogP contribution in [0.2, 0.25) is 0 Å². The van der Waals surface area contributed by atoms with Crippen LogP contribution in [0.25, 0.3) is 10.9 Å². The molecular formula is C24H23F4NO5. The molecule has 6 nitrogen and oxygen atoms in total. The first-order valence-electron chi connectivity index (χ1n) is 10.4. The van der Waals surface area contributed by atoms with Crippen LogP contribution in [0, 0.1) is 12.7 Å². The van der Waals surface area contributed by atoms with Gasteiger partial charge in [-0.05, 0) is 56.2 Å². The van der Waals surface area contributed by atoms with Crippen molar-refractivity contribution < 1.29 is 41.4 Å². The van der Waals surface area contributed by atoms with Gasteiger partial charge >= 0.3 is 12.3 Å². The van der Waals surface area contributed by atoms with E-state index in [1.807, 2.05) is 6.92 Å². The third-order valence-electron chi connectivity index (χ3n) is 5.37. The summed E-state index contributed by atoms with van der Waals surface area (Å²) in [5, 5.41) is 0.419. The molecule has 0 aliphatic heterocycles. The molecule has 0 radical (unpaired) electrons. The first kappa shape index (κ1) is 25.1. The zero-order chi connectivity index (χ0) is 25.2. The van der Waals surface area contributed by atoms with E-state index in [1.54, 1.807) is 13.8 Å². The molecule has 10 heteroatoms. The average Bonchev–Trinajstić information content (AvgIpc) is 3.02. The minimum absolute atomic E-state index is 0.0412. The maximum Gasteiger partial charge on any atom is 0.573 e. The minimum Gasteiger partial charge on any atom is -0.494 e. The first-order chi connectivity index (χ1) is 15.9. The molecule has 2 aromatic carbocycles. The number of benzene rings is 2. The van der Waals surface area contributed by atoms with Crippen LogP contribution in [-0.2, 0) is 16.0 Å². The molecule has 0 aliphatic rings. The molecule has 0 bridgehead atoms. The van der Waals surface area contributed by atoms with Crippen LogP contribution in [0.3, 0.4) is 0 Å². The Bertz CT molecular complexity index is 1220. The van der Waals surface area contributed by atoms with E-state index in [9.17, 15) is 27.2 Å². The van der Waals surface area contributed by atoms with Crippen LogP contribution in [0.1, 0.15) is 41.9 Å². The molecule has 34 heavy (non-hydrogen) atoms. The molecule has 0 saturated heterocycles. The SMILES string of the molecule is CC[C@H](C)OC(=O)Cc1c(C)n(C(=O)c2ccc(OC(F)(F)F)cc2)c2cc(F)c(OC)cc12. The monoisotopic (exact) mass is 481 g/mol. The lowest BCUT2D eigenvalue weighted by Gasteiger charge is -2.11. The Labute approximate surface area is 193 Å². The number of alkyl halides is 3. The second kappa shape index (κ2) is 9.74. The molecule has 0 aliphatic carbocycles. The summed E-state index contributed by atoms with van der Waals surface area (Å²) < 4.78 is 67.3. The lowest BCUT2D eigenvalue weighted by Crippen LogP contribution is -2.18. The fourth-order valence-electron chi connectivity index (χ4n) is 3.54. The van der Waals surface area contributed by atoms with Gasteiger partial charge in [-0.3, -0.25) is 14.2 Å². The molecule has 3 aromatic rings. The predicted molar refractivity (Wildman–Crippen MR) is 116 cm³/mol. The zero-order valence-corrected chi connectivity index (χ0v) is 19.0. The standard InChI is InChI=1S/C24H23F4NO5/c1-5-13(2)33-22(30)11-17-14(3)29(20-12-19(25)21(32-4)10-18(17)20)23(31)15-6-8-16(9-7-15)34-24(26,27)28/h6-10,12-13H,5,11H2,1-4H3/t13-/m0/s1. The van der Waals surface area contributed by atoms with E-state index in [4.69, 9.17) is 9.47 Å². The number of ether oxygens (including phenoxy) is 3. The van der Waals surface area contributed by atoms with E-state index >= 15 is 0 Å². The zero-order valence-electron chi connectivity index (χ0n) is 19.0. The number of halogens is 4. The van der Waals surface area contributed by atoms with Gasteiger partial charge in [0.2, 0.25) is 0 Å². The Hall–Kier alpha value is -3.56. The topological polar surface area (TPSA) is 66.8 Å². The number of fused-ring (bicyclic) bond motifs is 1. The molecule has 0 spiro atoms. The second-order valence-electron chi connectivity index (χ2n) is 7.67. The molecule has 0 saturated carbocycles. The summed E-state index contributed by atoms with van der Waals surface area (Å²) in [6.45, 7) is 5.21. The molecule has 0 amide bonds. The molecule has 1 aromatic heterocycles. The number of methoxy groups -OCH3 is 1. The van der Waals surface area contributed by atoms with Crippen LogP contribution in [0.15, 0.2) is 36.4 Å². The number of carbonyl (C=O) groups is 2. The lowest BCUT2D eigenvalue weighted by molar-refractivity contribution is -0.274. The number of aromatic nitrogens is 1. The molecule has 1 atom stereocenters. The van der Waals surface area contributed by atoms with Crippen molar-refractivity contribution in [2.45, 2.75) is 46.1 Å². The van der Waals surface area contributed by atoms with Crippen LogP contribution < -0.4 is 9.47 Å². The Morgan fingerprint density at radius 2 is 1.76 bits per heavy atom. The third kappa shape index (κ3) is 5.32. The van der Waals surface area contributed by atoms with E-state index in [2.05, 4.69) is 4.74 Å². The highest BCUT2D eigenvalue weighted by molar-refractivity contribution is 6.05. The Balaban J connectivity index is 2.08. The summed E-state index contributed by atoms with van der Waals surface area (Å²) in [6.07, 6.45) is -4.71. The van der Waals surface area contributed by atoms with Crippen molar-refractivity contribution in [2.24, 2.45) is 0 Å². The normalized spacial score (nSPS) is 12.5. The van der Waals surface area contributed by atoms with E-state index in [0.29, 0.717) is 23.1 Å². The Morgan fingerprint density at radius 1 is 1.12 bits per heavy atom. The summed E-state index contributed by atoms with van der Waals surface area (Å²) >= 11 is 0. The van der Waals surface area contributed by atoms with Crippen molar-refractivity contribution in [1.82, 2.24) is 4.57 Å². The van der Waals surface area contributed by atoms with E-state index in [-0.39, 0.29) is 29.4 Å².